The van der Waals surface area contributed by atoms with Gasteiger partial charge in [-0.2, -0.15) is 4.31 Å². The molecule has 0 aliphatic carbocycles. The number of esters is 1. The van der Waals surface area contributed by atoms with Crippen LogP contribution in [0.2, 0.25) is 0 Å². The summed E-state index contributed by atoms with van der Waals surface area (Å²) in [6, 6.07) is 20.1. The lowest BCUT2D eigenvalue weighted by molar-refractivity contribution is -0.149. The lowest BCUT2D eigenvalue weighted by Crippen LogP contribution is -2.40. The first-order chi connectivity index (χ1) is 19.2. The van der Waals surface area contributed by atoms with E-state index in [4.69, 9.17) is 9.72 Å². The van der Waals surface area contributed by atoms with E-state index in [2.05, 4.69) is 24.4 Å². The number of anilines is 1. The quantitative estimate of drug-likeness (QED) is 0.206. The minimum absolute atomic E-state index is 0.0220. The van der Waals surface area contributed by atoms with Gasteiger partial charge in [0.1, 0.15) is 5.01 Å². The Balaban J connectivity index is 1.20. The molecule has 1 aromatic heterocycles. The Labute approximate surface area is 238 Å². The van der Waals surface area contributed by atoms with Crippen LogP contribution in [0.3, 0.4) is 0 Å². The summed E-state index contributed by atoms with van der Waals surface area (Å²) < 4.78 is 34.1. The van der Waals surface area contributed by atoms with Gasteiger partial charge in [0.25, 0.3) is 0 Å². The zero-order valence-corrected chi connectivity index (χ0v) is 24.1. The molecular formula is C30H31N3O5S2. The largest absolute Gasteiger partial charge is 0.466 e. The Hall–Kier alpha value is -3.60. The molecule has 3 aromatic carbocycles. The van der Waals surface area contributed by atoms with Gasteiger partial charge in [-0.3, -0.25) is 9.59 Å². The SMILES string of the molecule is CCOC(=O)C1CCN(S(=O)(=O)c2cccc(C(=O)CNc3ccc(-c4nc5ccc(C)cc5s4)cc3)c2)CC1. The van der Waals surface area contributed by atoms with E-state index >= 15 is 0 Å². The third kappa shape index (κ3) is 6.09. The number of nitrogens with zero attached hydrogens (tertiary/aromatic N) is 2. The fourth-order valence-corrected chi connectivity index (χ4v) is 7.33. The maximum Gasteiger partial charge on any atom is 0.309 e. The molecule has 4 aromatic rings. The average molecular weight is 578 g/mol. The standard InChI is InChI=1S/C30H31N3O5S2/c1-3-38-30(35)22-13-15-33(16-14-22)40(36,37)25-6-4-5-23(18-25)27(34)19-31-24-10-8-21(9-11-24)29-32-26-12-7-20(2)17-28(26)39-29/h4-12,17-18,22,31H,3,13-16,19H2,1-2H3. The van der Waals surface area contributed by atoms with E-state index < -0.39 is 10.0 Å². The minimum Gasteiger partial charge on any atom is -0.466 e. The zero-order valence-electron chi connectivity index (χ0n) is 22.4. The van der Waals surface area contributed by atoms with E-state index in [0.29, 0.717) is 25.0 Å². The molecule has 10 heteroatoms. The number of aryl methyl sites for hydroxylation is 1. The molecule has 0 unspecified atom stereocenters. The highest BCUT2D eigenvalue weighted by Gasteiger charge is 2.33. The van der Waals surface area contributed by atoms with Gasteiger partial charge in [-0.1, -0.05) is 18.2 Å². The van der Waals surface area contributed by atoms with Crippen LogP contribution in [0.25, 0.3) is 20.8 Å². The molecule has 1 saturated heterocycles. The smallest absolute Gasteiger partial charge is 0.309 e. The number of nitrogens with one attached hydrogen (secondary N) is 1. The maximum atomic E-state index is 13.2. The second kappa shape index (κ2) is 11.9. The Morgan fingerprint density at radius 2 is 1.80 bits per heavy atom. The number of thiazole rings is 1. The summed E-state index contributed by atoms with van der Waals surface area (Å²) in [7, 11) is -3.79. The van der Waals surface area contributed by atoms with Gasteiger partial charge in [0.15, 0.2) is 5.78 Å². The second-order valence-electron chi connectivity index (χ2n) is 9.80. The van der Waals surface area contributed by atoms with Gasteiger partial charge < -0.3 is 10.1 Å². The van der Waals surface area contributed by atoms with Crippen molar-refractivity contribution in [1.29, 1.82) is 0 Å². The summed E-state index contributed by atoms with van der Waals surface area (Å²) >= 11 is 1.64. The van der Waals surface area contributed by atoms with Gasteiger partial charge in [-0.25, -0.2) is 13.4 Å². The Bertz CT molecular complexity index is 1640. The summed E-state index contributed by atoms with van der Waals surface area (Å²) in [6.45, 7) is 4.61. The highest BCUT2D eigenvalue weighted by molar-refractivity contribution is 7.89. The molecule has 2 heterocycles. The normalized spacial score (nSPS) is 14.8. The first-order valence-corrected chi connectivity index (χ1v) is 15.5. The number of hydrogen-bond donors (Lipinski definition) is 1. The van der Waals surface area contributed by atoms with E-state index in [9.17, 15) is 18.0 Å². The fraction of sp³-hybridized carbons (Fsp3) is 0.300. The van der Waals surface area contributed by atoms with Crippen molar-refractivity contribution in [2.24, 2.45) is 5.92 Å². The molecule has 208 valence electrons. The lowest BCUT2D eigenvalue weighted by atomic mass is 9.98. The number of ketones is 1. The van der Waals surface area contributed by atoms with Crippen LogP contribution in [0, 0.1) is 12.8 Å². The van der Waals surface area contributed by atoms with Crippen LogP contribution in [-0.2, 0) is 19.6 Å². The molecule has 0 radical (unpaired) electrons. The summed E-state index contributed by atoms with van der Waals surface area (Å²) in [5.41, 5.74) is 4.27. The fourth-order valence-electron chi connectivity index (χ4n) is 4.74. The number of hydrogen-bond acceptors (Lipinski definition) is 8. The van der Waals surface area contributed by atoms with Crippen LogP contribution in [0.1, 0.15) is 35.7 Å². The van der Waals surface area contributed by atoms with Crippen LogP contribution in [0.5, 0.6) is 0 Å². The van der Waals surface area contributed by atoms with Crippen molar-refractivity contribution in [2.75, 3.05) is 31.6 Å². The summed E-state index contributed by atoms with van der Waals surface area (Å²) in [6.07, 6.45) is 0.829. The number of carbonyl (C=O) groups excluding carboxylic acids is 2. The van der Waals surface area contributed by atoms with Gasteiger partial charge in [0, 0.05) is 29.9 Å². The van der Waals surface area contributed by atoms with Crippen molar-refractivity contribution in [3.63, 3.8) is 0 Å². The first kappa shape index (κ1) is 27.9. The third-order valence-corrected chi connectivity index (χ3v) is 9.96. The number of rotatable bonds is 9. The number of piperidine rings is 1. The number of aromatic nitrogens is 1. The van der Waals surface area contributed by atoms with Crippen LogP contribution in [-0.4, -0.2) is 55.7 Å². The van der Waals surface area contributed by atoms with Gasteiger partial charge in [0.2, 0.25) is 10.0 Å². The van der Waals surface area contributed by atoms with E-state index in [1.807, 2.05) is 30.3 Å². The van der Waals surface area contributed by atoms with Crippen molar-refractivity contribution in [1.82, 2.24) is 9.29 Å². The van der Waals surface area contributed by atoms with Crippen molar-refractivity contribution in [3.05, 3.63) is 77.9 Å². The van der Waals surface area contributed by atoms with Crippen molar-refractivity contribution >= 4 is 49.0 Å². The third-order valence-electron chi connectivity index (χ3n) is 7.00. The minimum atomic E-state index is -3.79. The Kier molecular flexibility index (Phi) is 8.30. The molecule has 1 fully saturated rings. The van der Waals surface area contributed by atoms with Crippen LogP contribution in [0.4, 0.5) is 5.69 Å². The Morgan fingerprint density at radius 3 is 2.52 bits per heavy atom. The lowest BCUT2D eigenvalue weighted by Gasteiger charge is -2.30. The highest BCUT2D eigenvalue weighted by atomic mass is 32.2. The number of Topliss-reactive ketones (excluding diaryl/α,β-unsaturated/α-hetero) is 1. The monoisotopic (exact) mass is 577 g/mol. The molecular weight excluding hydrogens is 546 g/mol. The average Bonchev–Trinajstić information content (AvgIpc) is 3.39. The van der Waals surface area contributed by atoms with E-state index in [1.165, 1.54) is 22.0 Å². The number of carbonyl (C=O) groups is 2. The topological polar surface area (TPSA) is 106 Å². The van der Waals surface area contributed by atoms with Crippen LogP contribution < -0.4 is 5.32 Å². The van der Waals surface area contributed by atoms with E-state index in [1.54, 1.807) is 30.4 Å². The van der Waals surface area contributed by atoms with Crippen molar-refractivity contribution < 1.29 is 22.7 Å². The predicted molar refractivity (Wildman–Crippen MR) is 157 cm³/mol. The van der Waals surface area contributed by atoms with E-state index in [-0.39, 0.29) is 42.2 Å². The molecule has 0 spiro atoms. The van der Waals surface area contributed by atoms with Gasteiger partial charge in [0.05, 0.1) is 34.2 Å². The molecule has 0 bridgehead atoms. The highest BCUT2D eigenvalue weighted by Crippen LogP contribution is 2.31. The molecule has 1 N–H and O–H groups in total. The predicted octanol–water partition coefficient (Wildman–Crippen LogP) is 5.53. The van der Waals surface area contributed by atoms with Crippen molar-refractivity contribution in [3.8, 4) is 10.6 Å². The number of fused-ring (bicyclic) bond motifs is 1. The molecule has 1 aliphatic heterocycles. The van der Waals surface area contributed by atoms with Gasteiger partial charge >= 0.3 is 5.97 Å². The second-order valence-corrected chi connectivity index (χ2v) is 12.8. The molecule has 0 saturated carbocycles. The number of sulfonamides is 1. The molecule has 8 nitrogen and oxygen atoms in total. The van der Waals surface area contributed by atoms with E-state index in [0.717, 1.165) is 26.5 Å². The maximum absolute atomic E-state index is 13.2. The summed E-state index contributed by atoms with van der Waals surface area (Å²) in [5, 5.41) is 4.07. The van der Waals surface area contributed by atoms with Crippen LogP contribution in [0.15, 0.2) is 71.6 Å². The van der Waals surface area contributed by atoms with Crippen molar-refractivity contribution in [2.45, 2.75) is 31.6 Å². The molecule has 0 atom stereocenters. The number of benzene rings is 3. The molecule has 40 heavy (non-hydrogen) atoms. The van der Waals surface area contributed by atoms with Crippen LogP contribution >= 0.6 is 11.3 Å². The molecule has 1 aliphatic rings. The molecule has 5 rings (SSSR count). The zero-order chi connectivity index (χ0) is 28.3. The molecule has 0 amide bonds. The summed E-state index contributed by atoms with van der Waals surface area (Å²) in [5.74, 6) is -0.783. The van der Waals surface area contributed by atoms with Gasteiger partial charge in [-0.15, -0.1) is 11.3 Å². The number of ether oxygens (including phenoxy) is 1. The first-order valence-electron chi connectivity index (χ1n) is 13.3. The van der Waals surface area contributed by atoms with Gasteiger partial charge in [-0.05, 0) is 80.8 Å². The summed E-state index contributed by atoms with van der Waals surface area (Å²) in [4.78, 5) is 29.7. The Morgan fingerprint density at radius 1 is 1.05 bits per heavy atom.